The average molecular weight is 226 g/mol. The Morgan fingerprint density at radius 3 is 2.88 bits per heavy atom. The average Bonchev–Trinajstić information content (AvgIpc) is 2.58. The number of hydrogen-bond acceptors (Lipinski definition) is 3. The van der Waals surface area contributed by atoms with E-state index in [0.29, 0.717) is 12.2 Å². The molecule has 0 radical (unpaired) electrons. The molecule has 2 rings (SSSR count). The number of nitrogens with zero attached hydrogens (tertiary/aromatic N) is 3. The number of nitrogens with two attached hydrogens (primary N) is 1. The normalized spacial score (nSPS) is 27.2. The molecule has 0 bridgehead atoms. The molecule has 0 amide bonds. The third kappa shape index (κ3) is 2.04. The van der Waals surface area contributed by atoms with Crippen molar-refractivity contribution in [3.05, 3.63) is 11.9 Å². The van der Waals surface area contributed by atoms with Crippen molar-refractivity contribution in [2.24, 2.45) is 0 Å². The summed E-state index contributed by atoms with van der Waals surface area (Å²) in [7, 11) is 0. The Labute approximate surface area is 95.2 Å². The summed E-state index contributed by atoms with van der Waals surface area (Å²) in [4.78, 5) is 2.13. The molecular formula is C11H19FN4. The first-order chi connectivity index (χ1) is 7.61. The van der Waals surface area contributed by atoms with Crippen LogP contribution in [0.25, 0.3) is 0 Å². The second-order valence-corrected chi connectivity index (χ2v) is 4.42. The van der Waals surface area contributed by atoms with Crippen LogP contribution in [0, 0.1) is 6.92 Å². The Bertz CT molecular complexity index is 343. The highest BCUT2D eigenvalue weighted by molar-refractivity contribution is 5.39. The SMILES string of the molecule is CCN1CCC(n2cc(N)c(C)n2)C(F)C1. The van der Waals surface area contributed by atoms with Gasteiger partial charge in [-0.1, -0.05) is 6.92 Å². The van der Waals surface area contributed by atoms with Crippen LogP contribution in [0.4, 0.5) is 10.1 Å². The maximum atomic E-state index is 14.0. The number of nitrogen functional groups attached to an aromatic ring is 1. The van der Waals surface area contributed by atoms with Crippen LogP contribution in [0.15, 0.2) is 6.20 Å². The van der Waals surface area contributed by atoms with Crippen LogP contribution in [-0.2, 0) is 0 Å². The minimum atomic E-state index is -0.854. The van der Waals surface area contributed by atoms with Gasteiger partial charge in [-0.3, -0.25) is 4.68 Å². The number of hydrogen-bond donors (Lipinski definition) is 1. The zero-order valence-corrected chi connectivity index (χ0v) is 9.86. The molecule has 0 saturated carbocycles. The summed E-state index contributed by atoms with van der Waals surface area (Å²) in [5, 5.41) is 4.27. The van der Waals surface area contributed by atoms with Crippen LogP contribution in [0.5, 0.6) is 0 Å². The Balaban J connectivity index is 2.11. The van der Waals surface area contributed by atoms with Crippen LogP contribution in [0.2, 0.25) is 0 Å². The monoisotopic (exact) mass is 226 g/mol. The molecule has 2 heterocycles. The largest absolute Gasteiger partial charge is 0.396 e. The molecule has 2 unspecified atom stereocenters. The Hall–Kier alpha value is -1.10. The summed E-state index contributed by atoms with van der Waals surface area (Å²) in [6, 6.07) is -0.154. The highest BCUT2D eigenvalue weighted by Crippen LogP contribution is 2.26. The highest BCUT2D eigenvalue weighted by Gasteiger charge is 2.30. The van der Waals surface area contributed by atoms with Crippen LogP contribution in [0.1, 0.15) is 25.1 Å². The van der Waals surface area contributed by atoms with Crippen molar-refractivity contribution in [1.29, 1.82) is 0 Å². The number of halogens is 1. The van der Waals surface area contributed by atoms with Crippen molar-refractivity contribution in [3.8, 4) is 0 Å². The van der Waals surface area contributed by atoms with Crippen molar-refractivity contribution >= 4 is 5.69 Å². The van der Waals surface area contributed by atoms with Gasteiger partial charge in [0.15, 0.2) is 0 Å². The topological polar surface area (TPSA) is 47.1 Å². The molecule has 1 aliphatic heterocycles. The number of anilines is 1. The van der Waals surface area contributed by atoms with E-state index in [4.69, 9.17) is 5.73 Å². The number of alkyl halides is 1. The number of aryl methyl sites for hydroxylation is 1. The highest BCUT2D eigenvalue weighted by atomic mass is 19.1. The lowest BCUT2D eigenvalue weighted by atomic mass is 10.0. The fraction of sp³-hybridized carbons (Fsp3) is 0.727. The van der Waals surface area contributed by atoms with Crippen molar-refractivity contribution in [1.82, 2.24) is 14.7 Å². The molecule has 1 aromatic rings. The molecule has 1 aliphatic rings. The summed E-state index contributed by atoms with van der Waals surface area (Å²) < 4.78 is 15.7. The number of rotatable bonds is 2. The molecule has 0 spiro atoms. The van der Waals surface area contributed by atoms with Crippen molar-refractivity contribution < 1.29 is 4.39 Å². The lowest BCUT2D eigenvalue weighted by Crippen LogP contribution is -2.42. The fourth-order valence-corrected chi connectivity index (χ4v) is 2.21. The molecule has 16 heavy (non-hydrogen) atoms. The van der Waals surface area contributed by atoms with E-state index in [9.17, 15) is 4.39 Å². The predicted molar refractivity (Wildman–Crippen MR) is 62.0 cm³/mol. The third-order valence-electron chi connectivity index (χ3n) is 3.33. The molecule has 1 saturated heterocycles. The first-order valence-electron chi connectivity index (χ1n) is 5.79. The molecule has 2 atom stereocenters. The maximum absolute atomic E-state index is 14.0. The van der Waals surface area contributed by atoms with Gasteiger partial charge in [0.1, 0.15) is 6.17 Å². The van der Waals surface area contributed by atoms with E-state index in [2.05, 4.69) is 16.9 Å². The van der Waals surface area contributed by atoms with Crippen LogP contribution in [-0.4, -0.2) is 40.5 Å². The van der Waals surface area contributed by atoms with Gasteiger partial charge < -0.3 is 10.6 Å². The zero-order valence-electron chi connectivity index (χ0n) is 9.86. The fourth-order valence-electron chi connectivity index (χ4n) is 2.21. The van der Waals surface area contributed by atoms with E-state index in [1.807, 2.05) is 6.92 Å². The molecule has 2 N–H and O–H groups in total. The van der Waals surface area contributed by atoms with E-state index >= 15 is 0 Å². The van der Waals surface area contributed by atoms with Crippen molar-refractivity contribution in [2.45, 2.75) is 32.5 Å². The molecule has 4 nitrogen and oxygen atoms in total. The summed E-state index contributed by atoms with van der Waals surface area (Å²) in [5.74, 6) is 0. The van der Waals surface area contributed by atoms with E-state index in [1.165, 1.54) is 0 Å². The quantitative estimate of drug-likeness (QED) is 0.828. The molecule has 90 valence electrons. The molecular weight excluding hydrogens is 207 g/mol. The van der Waals surface area contributed by atoms with Crippen LogP contribution >= 0.6 is 0 Å². The van der Waals surface area contributed by atoms with E-state index in [1.54, 1.807) is 10.9 Å². The zero-order chi connectivity index (χ0) is 11.7. The minimum absolute atomic E-state index is 0.154. The number of aromatic nitrogens is 2. The Morgan fingerprint density at radius 2 is 2.38 bits per heavy atom. The van der Waals surface area contributed by atoms with E-state index < -0.39 is 6.17 Å². The first kappa shape index (κ1) is 11.4. The molecule has 1 fully saturated rings. The van der Waals surface area contributed by atoms with Gasteiger partial charge in [-0.2, -0.15) is 5.10 Å². The predicted octanol–water partition coefficient (Wildman–Crippen LogP) is 1.38. The van der Waals surface area contributed by atoms with Gasteiger partial charge in [0, 0.05) is 19.3 Å². The second kappa shape index (κ2) is 4.41. The molecule has 5 heteroatoms. The van der Waals surface area contributed by atoms with Gasteiger partial charge in [-0.05, 0) is 19.9 Å². The van der Waals surface area contributed by atoms with Gasteiger partial charge in [0.2, 0.25) is 0 Å². The summed E-state index contributed by atoms with van der Waals surface area (Å²) in [5.41, 5.74) is 7.16. The summed E-state index contributed by atoms with van der Waals surface area (Å²) in [6.07, 6.45) is 1.69. The minimum Gasteiger partial charge on any atom is -0.396 e. The maximum Gasteiger partial charge on any atom is 0.135 e. The van der Waals surface area contributed by atoms with Crippen molar-refractivity contribution in [3.63, 3.8) is 0 Å². The van der Waals surface area contributed by atoms with Gasteiger partial charge in [-0.15, -0.1) is 0 Å². The van der Waals surface area contributed by atoms with Gasteiger partial charge >= 0.3 is 0 Å². The van der Waals surface area contributed by atoms with Crippen LogP contribution in [0.3, 0.4) is 0 Å². The number of likely N-dealkylation sites (tertiary alicyclic amines) is 1. The summed E-state index contributed by atoms with van der Waals surface area (Å²) >= 11 is 0. The van der Waals surface area contributed by atoms with Gasteiger partial charge in [0.05, 0.1) is 17.4 Å². The van der Waals surface area contributed by atoms with Gasteiger partial charge in [-0.25, -0.2) is 4.39 Å². The molecule has 1 aromatic heterocycles. The molecule has 0 aliphatic carbocycles. The first-order valence-corrected chi connectivity index (χ1v) is 5.79. The smallest absolute Gasteiger partial charge is 0.135 e. The second-order valence-electron chi connectivity index (χ2n) is 4.42. The summed E-state index contributed by atoms with van der Waals surface area (Å²) in [6.45, 7) is 6.25. The van der Waals surface area contributed by atoms with E-state index in [-0.39, 0.29) is 6.04 Å². The Morgan fingerprint density at radius 1 is 1.62 bits per heavy atom. The Kier molecular flexibility index (Phi) is 3.14. The van der Waals surface area contributed by atoms with Crippen molar-refractivity contribution in [2.75, 3.05) is 25.4 Å². The lowest BCUT2D eigenvalue weighted by molar-refractivity contribution is 0.0873. The standard InChI is InChI=1S/C11H19FN4/c1-3-15-5-4-11(9(12)6-15)16-7-10(13)8(2)14-16/h7,9,11H,3-6,13H2,1-2H3. The van der Waals surface area contributed by atoms with Crippen LogP contribution < -0.4 is 5.73 Å². The molecule has 0 aromatic carbocycles. The third-order valence-corrected chi connectivity index (χ3v) is 3.33. The van der Waals surface area contributed by atoms with Gasteiger partial charge in [0.25, 0.3) is 0 Å². The van der Waals surface area contributed by atoms with E-state index in [0.717, 1.165) is 25.2 Å². The number of piperidine rings is 1. The lowest BCUT2D eigenvalue weighted by Gasteiger charge is -2.33.